The average Bonchev–Trinajstić information content (AvgIpc) is 2.39. The molecule has 0 amide bonds. The normalized spacial score (nSPS) is 10.3. The molecular weight excluding hydrogens is 224 g/mol. The van der Waals surface area contributed by atoms with E-state index in [0.717, 1.165) is 28.1 Å². The van der Waals surface area contributed by atoms with Crippen LogP contribution in [0, 0.1) is 6.92 Å². The van der Waals surface area contributed by atoms with Crippen LogP contribution in [0.5, 0.6) is 0 Å². The largest absolute Gasteiger partial charge is 0.398 e. The molecule has 2 aromatic rings. The third-order valence-corrected chi connectivity index (χ3v) is 3.01. The predicted octanol–water partition coefficient (Wildman–Crippen LogP) is 2.68. The lowest BCUT2D eigenvalue weighted by molar-refractivity contribution is 0.282. The molecule has 0 saturated carbocycles. The fourth-order valence-electron chi connectivity index (χ4n) is 1.84. The molecule has 0 unspecified atom stereocenters. The van der Waals surface area contributed by atoms with Crippen molar-refractivity contribution in [3.63, 3.8) is 0 Å². The molecule has 18 heavy (non-hydrogen) atoms. The number of aliphatic hydroxyl groups is 1. The van der Waals surface area contributed by atoms with Crippen LogP contribution < -0.4 is 11.1 Å². The number of aliphatic hydroxyl groups excluding tert-OH is 1. The summed E-state index contributed by atoms with van der Waals surface area (Å²) in [6, 6.07) is 13.7. The molecule has 94 valence electrons. The topological polar surface area (TPSA) is 58.3 Å². The molecule has 0 radical (unpaired) electrons. The second-order valence-electron chi connectivity index (χ2n) is 4.36. The van der Waals surface area contributed by atoms with Gasteiger partial charge in [0.1, 0.15) is 0 Å². The summed E-state index contributed by atoms with van der Waals surface area (Å²) in [5.74, 6) is 0. The van der Waals surface area contributed by atoms with Crippen molar-refractivity contribution in [2.24, 2.45) is 0 Å². The Kier molecular flexibility index (Phi) is 3.85. The van der Waals surface area contributed by atoms with Crippen LogP contribution in [-0.4, -0.2) is 5.11 Å². The minimum absolute atomic E-state index is 0.0580. The first-order valence-electron chi connectivity index (χ1n) is 5.98. The first-order valence-corrected chi connectivity index (χ1v) is 5.98. The molecule has 0 aromatic heterocycles. The molecule has 0 heterocycles. The minimum atomic E-state index is 0.0580. The van der Waals surface area contributed by atoms with E-state index in [0.29, 0.717) is 6.54 Å². The van der Waals surface area contributed by atoms with Gasteiger partial charge < -0.3 is 16.2 Å². The standard InChI is InChI=1S/C15H18N2O/c1-11-6-7-12(10-18)8-15(11)17-9-13-4-2-3-5-14(13)16/h2-8,17-18H,9-10,16H2,1H3. The van der Waals surface area contributed by atoms with Crippen molar-refractivity contribution in [1.29, 1.82) is 0 Å². The van der Waals surface area contributed by atoms with Gasteiger partial charge in [0.25, 0.3) is 0 Å². The summed E-state index contributed by atoms with van der Waals surface area (Å²) >= 11 is 0. The van der Waals surface area contributed by atoms with E-state index in [2.05, 4.69) is 5.32 Å². The Labute approximate surface area is 107 Å². The summed E-state index contributed by atoms with van der Waals surface area (Å²) in [5, 5.41) is 12.5. The van der Waals surface area contributed by atoms with Gasteiger partial charge in [-0.05, 0) is 35.7 Å². The van der Waals surface area contributed by atoms with Crippen LogP contribution in [0.15, 0.2) is 42.5 Å². The third-order valence-electron chi connectivity index (χ3n) is 3.01. The lowest BCUT2D eigenvalue weighted by Crippen LogP contribution is -2.04. The van der Waals surface area contributed by atoms with Crippen LogP contribution in [0.1, 0.15) is 16.7 Å². The van der Waals surface area contributed by atoms with Crippen molar-refractivity contribution in [3.05, 3.63) is 59.2 Å². The van der Waals surface area contributed by atoms with Gasteiger partial charge in [-0.3, -0.25) is 0 Å². The Morgan fingerprint density at radius 1 is 1.17 bits per heavy atom. The van der Waals surface area contributed by atoms with E-state index >= 15 is 0 Å². The number of rotatable bonds is 4. The van der Waals surface area contributed by atoms with Crippen LogP contribution in [-0.2, 0) is 13.2 Å². The van der Waals surface area contributed by atoms with Crippen molar-refractivity contribution < 1.29 is 5.11 Å². The molecule has 0 atom stereocenters. The Balaban J connectivity index is 2.13. The maximum atomic E-state index is 9.13. The van der Waals surface area contributed by atoms with Gasteiger partial charge in [0.05, 0.1) is 6.61 Å². The molecule has 0 spiro atoms. The number of hydrogen-bond donors (Lipinski definition) is 3. The van der Waals surface area contributed by atoms with Crippen molar-refractivity contribution >= 4 is 11.4 Å². The number of nitrogens with one attached hydrogen (secondary N) is 1. The molecule has 0 aliphatic rings. The zero-order chi connectivity index (χ0) is 13.0. The van der Waals surface area contributed by atoms with E-state index in [1.54, 1.807) is 0 Å². The minimum Gasteiger partial charge on any atom is -0.398 e. The molecule has 0 saturated heterocycles. The Morgan fingerprint density at radius 2 is 1.94 bits per heavy atom. The van der Waals surface area contributed by atoms with Gasteiger partial charge in [0, 0.05) is 17.9 Å². The lowest BCUT2D eigenvalue weighted by atomic mass is 10.1. The highest BCUT2D eigenvalue weighted by atomic mass is 16.3. The van der Waals surface area contributed by atoms with E-state index < -0.39 is 0 Å². The first-order chi connectivity index (χ1) is 8.70. The van der Waals surface area contributed by atoms with Crippen LogP contribution in [0.2, 0.25) is 0 Å². The molecule has 3 heteroatoms. The van der Waals surface area contributed by atoms with Gasteiger partial charge in [-0.1, -0.05) is 30.3 Å². The van der Waals surface area contributed by atoms with E-state index in [9.17, 15) is 0 Å². The summed E-state index contributed by atoms with van der Waals surface area (Å²) in [5.41, 5.74) is 10.9. The number of hydrogen-bond acceptors (Lipinski definition) is 3. The van der Waals surface area contributed by atoms with Gasteiger partial charge in [0.15, 0.2) is 0 Å². The van der Waals surface area contributed by atoms with Crippen LogP contribution >= 0.6 is 0 Å². The summed E-state index contributed by atoms with van der Waals surface area (Å²) in [4.78, 5) is 0. The monoisotopic (exact) mass is 242 g/mol. The quantitative estimate of drug-likeness (QED) is 0.722. The van der Waals surface area contributed by atoms with Gasteiger partial charge in [-0.25, -0.2) is 0 Å². The van der Waals surface area contributed by atoms with E-state index in [4.69, 9.17) is 10.8 Å². The summed E-state index contributed by atoms with van der Waals surface area (Å²) < 4.78 is 0. The highest BCUT2D eigenvalue weighted by Gasteiger charge is 2.01. The van der Waals surface area contributed by atoms with Crippen molar-refractivity contribution in [2.45, 2.75) is 20.1 Å². The Bertz CT molecular complexity index is 538. The van der Waals surface area contributed by atoms with Crippen molar-refractivity contribution in [2.75, 3.05) is 11.1 Å². The summed E-state index contributed by atoms with van der Waals surface area (Å²) in [7, 11) is 0. The fourth-order valence-corrected chi connectivity index (χ4v) is 1.84. The number of benzene rings is 2. The SMILES string of the molecule is Cc1ccc(CO)cc1NCc1ccccc1N. The Hall–Kier alpha value is -2.00. The Morgan fingerprint density at radius 3 is 2.67 bits per heavy atom. The van der Waals surface area contributed by atoms with E-state index in [1.165, 1.54) is 0 Å². The highest BCUT2D eigenvalue weighted by Crippen LogP contribution is 2.19. The number of para-hydroxylation sites is 1. The van der Waals surface area contributed by atoms with Crippen LogP contribution in [0.25, 0.3) is 0 Å². The van der Waals surface area contributed by atoms with Crippen LogP contribution in [0.4, 0.5) is 11.4 Å². The average molecular weight is 242 g/mol. The second-order valence-corrected chi connectivity index (χ2v) is 4.36. The molecule has 0 fully saturated rings. The maximum absolute atomic E-state index is 9.13. The van der Waals surface area contributed by atoms with Crippen molar-refractivity contribution in [3.8, 4) is 0 Å². The molecule has 2 aromatic carbocycles. The third kappa shape index (κ3) is 2.81. The molecule has 0 aliphatic carbocycles. The molecule has 2 rings (SSSR count). The van der Waals surface area contributed by atoms with Gasteiger partial charge in [0.2, 0.25) is 0 Å². The number of nitrogens with two attached hydrogens (primary N) is 1. The molecule has 4 N–H and O–H groups in total. The lowest BCUT2D eigenvalue weighted by Gasteiger charge is -2.12. The van der Waals surface area contributed by atoms with Gasteiger partial charge >= 0.3 is 0 Å². The number of nitrogen functional groups attached to an aromatic ring is 1. The van der Waals surface area contributed by atoms with Crippen molar-refractivity contribution in [1.82, 2.24) is 0 Å². The first kappa shape index (κ1) is 12.5. The highest BCUT2D eigenvalue weighted by molar-refractivity contribution is 5.55. The van der Waals surface area contributed by atoms with Crippen LogP contribution in [0.3, 0.4) is 0 Å². The smallest absolute Gasteiger partial charge is 0.0682 e. The van der Waals surface area contributed by atoms with E-state index in [1.807, 2.05) is 49.4 Å². The summed E-state index contributed by atoms with van der Waals surface area (Å²) in [6.45, 7) is 2.78. The maximum Gasteiger partial charge on any atom is 0.0682 e. The van der Waals surface area contributed by atoms with E-state index in [-0.39, 0.29) is 6.61 Å². The zero-order valence-corrected chi connectivity index (χ0v) is 10.5. The zero-order valence-electron chi connectivity index (χ0n) is 10.5. The van der Waals surface area contributed by atoms with Gasteiger partial charge in [-0.2, -0.15) is 0 Å². The molecular formula is C15H18N2O. The molecule has 3 nitrogen and oxygen atoms in total. The number of aryl methyl sites for hydroxylation is 1. The molecule has 0 aliphatic heterocycles. The fraction of sp³-hybridized carbons (Fsp3) is 0.200. The summed E-state index contributed by atoms with van der Waals surface area (Å²) in [6.07, 6.45) is 0. The molecule has 0 bridgehead atoms. The predicted molar refractivity (Wildman–Crippen MR) is 75.3 cm³/mol. The second kappa shape index (κ2) is 5.56. The van der Waals surface area contributed by atoms with Gasteiger partial charge in [-0.15, -0.1) is 0 Å². The number of anilines is 2.